The minimum absolute atomic E-state index is 0.164. The third-order valence-electron chi connectivity index (χ3n) is 4.43. The number of thiocarbonyl (C=S) groups is 1. The number of thioether (sulfide) groups is 1. The molecule has 0 saturated carbocycles. The van der Waals surface area contributed by atoms with Gasteiger partial charge in [0, 0.05) is 37.8 Å². The van der Waals surface area contributed by atoms with Gasteiger partial charge in [-0.3, -0.25) is 5.01 Å². The van der Waals surface area contributed by atoms with Gasteiger partial charge in [0.15, 0.2) is 5.17 Å². The van der Waals surface area contributed by atoms with E-state index in [1.807, 2.05) is 18.9 Å². The van der Waals surface area contributed by atoms with Crippen LogP contribution >= 0.6 is 24.0 Å². The number of hydrogen-bond donors (Lipinski definition) is 1. The Hall–Kier alpha value is -1.97. The second-order valence-electron chi connectivity index (χ2n) is 6.30. The highest BCUT2D eigenvalue weighted by Gasteiger charge is 2.25. The molecule has 0 atom stereocenters. The van der Waals surface area contributed by atoms with Gasteiger partial charge in [-0.25, -0.2) is 19.6 Å². The summed E-state index contributed by atoms with van der Waals surface area (Å²) < 4.78 is 19.2. The topological polar surface area (TPSA) is 57.2 Å². The Kier molecular flexibility index (Phi) is 7.03. The van der Waals surface area contributed by atoms with E-state index in [-0.39, 0.29) is 5.75 Å². The minimum atomic E-state index is -0.508. The Labute approximate surface area is 173 Å². The highest BCUT2D eigenvalue weighted by atomic mass is 32.2. The van der Waals surface area contributed by atoms with Crippen molar-refractivity contribution in [2.45, 2.75) is 26.7 Å². The van der Waals surface area contributed by atoms with Crippen molar-refractivity contribution in [3.8, 4) is 5.75 Å². The summed E-state index contributed by atoms with van der Waals surface area (Å²) in [5.74, 6) is -0.307. The van der Waals surface area contributed by atoms with E-state index in [0.717, 1.165) is 36.0 Å². The molecule has 0 bridgehead atoms. The highest BCUT2D eigenvalue weighted by molar-refractivity contribution is 8.19. The molecule has 1 amide bonds. The lowest BCUT2D eigenvalue weighted by atomic mass is 10.2. The van der Waals surface area contributed by atoms with Crippen LogP contribution in [0.5, 0.6) is 5.75 Å². The molecular weight excluding hydrogens is 399 g/mol. The summed E-state index contributed by atoms with van der Waals surface area (Å²) in [6, 6.07) is 4.12. The van der Waals surface area contributed by atoms with Crippen LogP contribution in [-0.4, -0.2) is 52.3 Å². The lowest BCUT2D eigenvalue weighted by molar-refractivity contribution is 0.157. The highest BCUT2D eigenvalue weighted by Crippen LogP contribution is 2.33. The fourth-order valence-corrected chi connectivity index (χ4v) is 4.11. The first kappa shape index (κ1) is 20.8. The van der Waals surface area contributed by atoms with Crippen molar-refractivity contribution in [2.75, 3.05) is 26.2 Å². The van der Waals surface area contributed by atoms with E-state index in [1.165, 1.54) is 28.8 Å². The number of hydrogen-bond acceptors (Lipinski definition) is 6. The zero-order chi connectivity index (χ0) is 20.1. The molecule has 0 unspecified atom stereocenters. The fourth-order valence-electron chi connectivity index (χ4n) is 2.86. The van der Waals surface area contributed by atoms with Gasteiger partial charge in [0.2, 0.25) is 0 Å². The number of benzene rings is 1. The number of halogens is 1. The van der Waals surface area contributed by atoms with E-state index in [4.69, 9.17) is 17.0 Å². The van der Waals surface area contributed by atoms with Crippen LogP contribution in [0.25, 0.3) is 6.08 Å². The molecule has 1 N–H and O–H groups in total. The summed E-state index contributed by atoms with van der Waals surface area (Å²) >= 11 is 6.86. The first-order chi connectivity index (χ1) is 13.5. The average Bonchev–Trinajstić information content (AvgIpc) is 3.06. The molecule has 9 heteroatoms. The first-order valence-corrected chi connectivity index (χ1v) is 10.5. The zero-order valence-electron chi connectivity index (χ0n) is 15.9. The molecule has 6 nitrogen and oxygen atoms in total. The number of amidine groups is 1. The molecule has 2 heterocycles. The van der Waals surface area contributed by atoms with Gasteiger partial charge in [0.25, 0.3) is 0 Å². The van der Waals surface area contributed by atoms with Gasteiger partial charge in [0.1, 0.15) is 16.6 Å². The molecule has 1 fully saturated rings. The van der Waals surface area contributed by atoms with Crippen molar-refractivity contribution in [3.05, 3.63) is 34.5 Å². The largest absolute Gasteiger partial charge is 0.415 e. The van der Waals surface area contributed by atoms with E-state index in [1.54, 1.807) is 12.1 Å². The van der Waals surface area contributed by atoms with Gasteiger partial charge in [-0.2, -0.15) is 0 Å². The van der Waals surface area contributed by atoms with Crippen LogP contribution in [-0.2, 0) is 0 Å². The van der Waals surface area contributed by atoms with Crippen molar-refractivity contribution >= 4 is 46.3 Å². The van der Waals surface area contributed by atoms with Gasteiger partial charge >= 0.3 is 6.09 Å². The maximum atomic E-state index is 13.8. The predicted octanol–water partition coefficient (Wildman–Crippen LogP) is 4.04. The summed E-state index contributed by atoms with van der Waals surface area (Å²) in [6.45, 7) is 6.54. The molecule has 150 valence electrons. The second-order valence-corrected chi connectivity index (χ2v) is 7.70. The molecule has 2 aliphatic rings. The van der Waals surface area contributed by atoms with Gasteiger partial charge < -0.3 is 9.64 Å². The maximum absolute atomic E-state index is 13.8. The number of ether oxygens (including phenoxy) is 1. The van der Waals surface area contributed by atoms with Gasteiger partial charge in [-0.05, 0) is 56.7 Å². The number of amides is 1. The third kappa shape index (κ3) is 4.89. The molecule has 0 spiro atoms. The monoisotopic (exact) mass is 422 g/mol. The summed E-state index contributed by atoms with van der Waals surface area (Å²) in [7, 11) is 0. The van der Waals surface area contributed by atoms with Crippen LogP contribution in [0.2, 0.25) is 0 Å². The molecule has 0 aliphatic carbocycles. The number of rotatable bonds is 4. The number of aliphatic imine (C=N–C) groups is 1. The van der Waals surface area contributed by atoms with Gasteiger partial charge in [-0.1, -0.05) is 12.2 Å². The average molecular weight is 423 g/mol. The van der Waals surface area contributed by atoms with E-state index >= 15 is 0 Å². The third-order valence-corrected chi connectivity index (χ3v) is 5.90. The van der Waals surface area contributed by atoms with E-state index in [9.17, 15) is 9.18 Å². The van der Waals surface area contributed by atoms with Crippen molar-refractivity contribution in [2.24, 2.45) is 4.99 Å². The van der Waals surface area contributed by atoms with Crippen molar-refractivity contribution < 1.29 is 13.9 Å². The lowest BCUT2D eigenvalue weighted by Gasteiger charge is -2.28. The molecule has 1 aromatic carbocycles. The van der Waals surface area contributed by atoms with E-state index < -0.39 is 11.9 Å². The summed E-state index contributed by atoms with van der Waals surface area (Å²) in [5, 5.41) is 2.81. The summed E-state index contributed by atoms with van der Waals surface area (Å²) in [4.78, 5) is 19.5. The Balaban J connectivity index is 1.80. The minimum Gasteiger partial charge on any atom is -0.409 e. The normalized spacial score (nSPS) is 18.4. The molecule has 0 aromatic heterocycles. The zero-order valence-corrected chi connectivity index (χ0v) is 17.5. The standard InChI is InChI=1S/C19H23FN4O2S2/c1-3-23(4-2)19(25)26-15-12-14(20)8-7-13(15)11-16-17(27)22-18(28-16)24-10-6-5-9-21-24/h7-8,11-12,21H,3-6,9-10H2,1-2H3/b16-11-. The number of hydrazine groups is 1. The van der Waals surface area contributed by atoms with Crippen molar-refractivity contribution in [3.63, 3.8) is 0 Å². The lowest BCUT2D eigenvalue weighted by Crippen LogP contribution is -2.45. The van der Waals surface area contributed by atoms with Crippen LogP contribution in [0.15, 0.2) is 28.1 Å². The SMILES string of the molecule is CCN(CC)C(=O)Oc1cc(F)ccc1/C=C1\SC(N2CCCCN2)=NC1=S. The van der Waals surface area contributed by atoms with E-state index in [2.05, 4.69) is 10.4 Å². The molecule has 1 aromatic rings. The van der Waals surface area contributed by atoms with Gasteiger partial charge in [0.05, 0.1) is 4.91 Å². The Morgan fingerprint density at radius 3 is 2.89 bits per heavy atom. The number of nitrogens with one attached hydrogen (secondary N) is 1. The smallest absolute Gasteiger partial charge is 0.409 e. The molecule has 0 radical (unpaired) electrons. The molecule has 1 saturated heterocycles. The van der Waals surface area contributed by atoms with E-state index in [0.29, 0.717) is 23.6 Å². The summed E-state index contributed by atoms with van der Waals surface area (Å²) in [5.41, 5.74) is 3.89. The predicted molar refractivity (Wildman–Crippen MR) is 115 cm³/mol. The number of carbonyl (C=O) groups is 1. The van der Waals surface area contributed by atoms with Crippen LogP contribution in [0, 0.1) is 5.82 Å². The summed E-state index contributed by atoms with van der Waals surface area (Å²) in [6.07, 6.45) is 3.52. The Morgan fingerprint density at radius 1 is 1.43 bits per heavy atom. The quantitative estimate of drug-likeness (QED) is 0.584. The fraction of sp³-hybridized carbons (Fsp3) is 0.421. The second kappa shape index (κ2) is 9.49. The molecule has 28 heavy (non-hydrogen) atoms. The first-order valence-electron chi connectivity index (χ1n) is 9.31. The Morgan fingerprint density at radius 2 is 2.21 bits per heavy atom. The molecule has 3 rings (SSSR count). The Bertz CT molecular complexity index is 818. The van der Waals surface area contributed by atoms with Gasteiger partial charge in [-0.15, -0.1) is 0 Å². The molecule has 2 aliphatic heterocycles. The van der Waals surface area contributed by atoms with Crippen molar-refractivity contribution in [1.29, 1.82) is 0 Å². The number of carbonyl (C=O) groups excluding carboxylic acids is 1. The van der Waals surface area contributed by atoms with Crippen molar-refractivity contribution in [1.82, 2.24) is 15.3 Å². The van der Waals surface area contributed by atoms with Crippen LogP contribution < -0.4 is 10.2 Å². The maximum Gasteiger partial charge on any atom is 0.415 e. The molecular formula is C19H23FN4O2S2. The number of nitrogens with zero attached hydrogens (tertiary/aromatic N) is 3. The van der Waals surface area contributed by atoms with Crippen LogP contribution in [0.3, 0.4) is 0 Å². The van der Waals surface area contributed by atoms with Crippen LogP contribution in [0.1, 0.15) is 32.3 Å². The van der Waals surface area contributed by atoms with Crippen LogP contribution in [0.4, 0.5) is 9.18 Å².